The fourth-order valence-electron chi connectivity index (χ4n) is 1.99. The van der Waals surface area contributed by atoms with E-state index in [4.69, 9.17) is 5.26 Å². The summed E-state index contributed by atoms with van der Waals surface area (Å²) in [5, 5.41) is 8.60. The summed E-state index contributed by atoms with van der Waals surface area (Å²) in [6.45, 7) is 0. The van der Waals surface area contributed by atoms with Crippen LogP contribution in [0.25, 0.3) is 0 Å². The van der Waals surface area contributed by atoms with Crippen molar-refractivity contribution in [3.05, 3.63) is 65.0 Å². The molecule has 1 aromatic carbocycles. The van der Waals surface area contributed by atoms with Crippen molar-refractivity contribution in [3.8, 4) is 6.07 Å². The van der Waals surface area contributed by atoms with Gasteiger partial charge in [0.1, 0.15) is 0 Å². The van der Waals surface area contributed by atoms with Crippen molar-refractivity contribution < 1.29 is 14.3 Å². The van der Waals surface area contributed by atoms with E-state index in [2.05, 4.69) is 15.8 Å². The first-order chi connectivity index (χ1) is 10.7. The zero-order valence-corrected chi connectivity index (χ0v) is 12.1. The van der Waals surface area contributed by atoms with Crippen LogP contribution in [0.3, 0.4) is 0 Å². The van der Waals surface area contributed by atoms with Crippen LogP contribution in [0.1, 0.15) is 38.3 Å². The molecule has 0 amide bonds. The van der Waals surface area contributed by atoms with Gasteiger partial charge in [0.2, 0.25) is 0 Å². The number of ketones is 1. The van der Waals surface area contributed by atoms with E-state index in [1.165, 1.54) is 13.3 Å². The van der Waals surface area contributed by atoms with Gasteiger partial charge in [-0.15, -0.1) is 0 Å². The fraction of sp³-hybridized carbons (Fsp3) is 0.176. The number of benzene rings is 1. The molecule has 0 N–H and O–H groups in total. The highest BCUT2D eigenvalue weighted by molar-refractivity contribution is 6.09. The number of ether oxygens (including phenoxy) is 1. The van der Waals surface area contributed by atoms with Gasteiger partial charge in [0.05, 0.1) is 18.7 Å². The molecule has 5 nitrogen and oxygen atoms in total. The minimum atomic E-state index is -0.445. The summed E-state index contributed by atoms with van der Waals surface area (Å²) < 4.78 is 4.61. The highest BCUT2D eigenvalue weighted by atomic mass is 16.5. The summed E-state index contributed by atoms with van der Waals surface area (Å²) in [4.78, 5) is 27.8. The molecule has 0 bridgehead atoms. The quantitative estimate of drug-likeness (QED) is 0.625. The second kappa shape index (κ2) is 7.14. The normalized spacial score (nSPS) is 9.82. The molecule has 1 aromatic heterocycles. The SMILES string of the molecule is COC(=O)c1ccc(C(=O)c2cncc(CCC#N)c2)cc1. The Morgan fingerprint density at radius 3 is 2.45 bits per heavy atom. The number of nitrogens with zero attached hydrogens (tertiary/aromatic N) is 2. The molecular formula is C17H14N2O3. The van der Waals surface area contributed by atoms with Gasteiger partial charge in [-0.1, -0.05) is 12.1 Å². The summed E-state index contributed by atoms with van der Waals surface area (Å²) in [7, 11) is 1.31. The average Bonchev–Trinajstić information content (AvgIpc) is 2.59. The van der Waals surface area contributed by atoms with Crippen LogP contribution < -0.4 is 0 Å². The Labute approximate surface area is 128 Å². The molecule has 0 radical (unpaired) electrons. The number of esters is 1. The Morgan fingerprint density at radius 1 is 1.14 bits per heavy atom. The van der Waals surface area contributed by atoms with Crippen molar-refractivity contribution >= 4 is 11.8 Å². The van der Waals surface area contributed by atoms with Gasteiger partial charge < -0.3 is 4.74 Å². The second-order valence-electron chi connectivity index (χ2n) is 4.64. The highest BCUT2D eigenvalue weighted by Gasteiger charge is 2.12. The predicted molar refractivity (Wildman–Crippen MR) is 79.4 cm³/mol. The van der Waals surface area contributed by atoms with E-state index in [-0.39, 0.29) is 5.78 Å². The fourth-order valence-corrected chi connectivity index (χ4v) is 1.99. The standard InChI is InChI=1S/C17H14N2O3/c1-22-17(21)14-6-4-13(5-7-14)16(20)15-9-12(3-2-8-18)10-19-11-15/h4-7,9-11H,2-3H2,1H3. The van der Waals surface area contributed by atoms with E-state index in [0.29, 0.717) is 29.5 Å². The lowest BCUT2D eigenvalue weighted by Gasteiger charge is -2.04. The number of rotatable bonds is 5. The molecule has 0 spiro atoms. The van der Waals surface area contributed by atoms with Gasteiger partial charge in [0.25, 0.3) is 0 Å². The maximum Gasteiger partial charge on any atom is 0.337 e. The van der Waals surface area contributed by atoms with Crippen LogP contribution in [0.15, 0.2) is 42.7 Å². The van der Waals surface area contributed by atoms with E-state index < -0.39 is 5.97 Å². The topological polar surface area (TPSA) is 80.1 Å². The monoisotopic (exact) mass is 294 g/mol. The van der Waals surface area contributed by atoms with Crippen molar-refractivity contribution in [1.82, 2.24) is 4.98 Å². The van der Waals surface area contributed by atoms with E-state index >= 15 is 0 Å². The van der Waals surface area contributed by atoms with Crippen LogP contribution in [-0.2, 0) is 11.2 Å². The Morgan fingerprint density at radius 2 is 1.82 bits per heavy atom. The third-order valence-corrected chi connectivity index (χ3v) is 3.15. The molecule has 22 heavy (non-hydrogen) atoms. The zero-order chi connectivity index (χ0) is 15.9. The smallest absolute Gasteiger partial charge is 0.337 e. The Bertz CT molecular complexity index is 730. The molecule has 0 saturated carbocycles. The number of nitriles is 1. The lowest BCUT2D eigenvalue weighted by Crippen LogP contribution is -2.05. The third-order valence-electron chi connectivity index (χ3n) is 3.15. The average molecular weight is 294 g/mol. The molecule has 0 atom stereocenters. The molecule has 0 fully saturated rings. The Balaban J connectivity index is 2.21. The van der Waals surface area contributed by atoms with E-state index in [9.17, 15) is 9.59 Å². The van der Waals surface area contributed by atoms with Gasteiger partial charge in [-0.2, -0.15) is 5.26 Å². The van der Waals surface area contributed by atoms with E-state index in [1.807, 2.05) is 0 Å². The number of hydrogen-bond donors (Lipinski definition) is 0. The summed E-state index contributed by atoms with van der Waals surface area (Å²) in [6, 6.07) is 10.1. The van der Waals surface area contributed by atoms with Crippen LogP contribution in [0.4, 0.5) is 0 Å². The van der Waals surface area contributed by atoms with Crippen LogP contribution >= 0.6 is 0 Å². The van der Waals surface area contributed by atoms with Gasteiger partial charge >= 0.3 is 5.97 Å². The minimum Gasteiger partial charge on any atom is -0.465 e. The first kappa shape index (κ1) is 15.4. The lowest BCUT2D eigenvalue weighted by atomic mass is 10.0. The maximum absolute atomic E-state index is 12.4. The van der Waals surface area contributed by atoms with Gasteiger partial charge in [-0.3, -0.25) is 9.78 Å². The molecular weight excluding hydrogens is 280 g/mol. The Kier molecular flexibility index (Phi) is 4.99. The molecule has 0 saturated heterocycles. The van der Waals surface area contributed by atoms with Crippen molar-refractivity contribution in [2.75, 3.05) is 7.11 Å². The highest BCUT2D eigenvalue weighted by Crippen LogP contribution is 2.13. The number of hydrogen-bond acceptors (Lipinski definition) is 5. The number of pyridine rings is 1. The first-order valence-corrected chi connectivity index (χ1v) is 6.69. The molecule has 2 rings (SSSR count). The van der Waals surface area contributed by atoms with Gasteiger partial charge in [0.15, 0.2) is 5.78 Å². The van der Waals surface area contributed by atoms with Crippen LogP contribution in [0.2, 0.25) is 0 Å². The summed E-state index contributed by atoms with van der Waals surface area (Å²) in [6.07, 6.45) is 4.08. The maximum atomic E-state index is 12.4. The molecule has 2 aromatic rings. The lowest BCUT2D eigenvalue weighted by molar-refractivity contribution is 0.0600. The minimum absolute atomic E-state index is 0.178. The zero-order valence-electron chi connectivity index (χ0n) is 12.1. The van der Waals surface area contributed by atoms with Crippen LogP contribution in [-0.4, -0.2) is 23.8 Å². The molecule has 110 valence electrons. The van der Waals surface area contributed by atoms with E-state index in [1.54, 1.807) is 36.5 Å². The number of aromatic nitrogens is 1. The molecule has 0 aliphatic carbocycles. The van der Waals surface area contributed by atoms with Crippen LogP contribution in [0, 0.1) is 11.3 Å². The van der Waals surface area contributed by atoms with Crippen molar-refractivity contribution in [2.24, 2.45) is 0 Å². The molecule has 0 aliphatic heterocycles. The predicted octanol–water partition coefficient (Wildman–Crippen LogP) is 2.56. The number of carbonyl (C=O) groups is 2. The second-order valence-corrected chi connectivity index (χ2v) is 4.64. The molecule has 0 unspecified atom stereocenters. The van der Waals surface area contributed by atoms with Crippen molar-refractivity contribution in [2.45, 2.75) is 12.8 Å². The first-order valence-electron chi connectivity index (χ1n) is 6.69. The Hall–Kier alpha value is -3.00. The molecule has 5 heteroatoms. The number of methoxy groups -OCH3 is 1. The summed E-state index contributed by atoms with van der Waals surface area (Å²) in [5.74, 6) is -0.623. The van der Waals surface area contributed by atoms with Gasteiger partial charge in [-0.25, -0.2) is 4.79 Å². The van der Waals surface area contributed by atoms with Crippen LogP contribution in [0.5, 0.6) is 0 Å². The molecule has 1 heterocycles. The number of carbonyl (C=O) groups excluding carboxylic acids is 2. The van der Waals surface area contributed by atoms with Crippen molar-refractivity contribution in [3.63, 3.8) is 0 Å². The van der Waals surface area contributed by atoms with Crippen molar-refractivity contribution in [1.29, 1.82) is 5.26 Å². The van der Waals surface area contributed by atoms with E-state index in [0.717, 1.165) is 5.56 Å². The summed E-state index contributed by atoms with van der Waals surface area (Å²) in [5.41, 5.74) is 2.16. The number of aryl methyl sites for hydroxylation is 1. The third kappa shape index (κ3) is 3.55. The van der Waals surface area contributed by atoms with Gasteiger partial charge in [0, 0.05) is 29.9 Å². The van der Waals surface area contributed by atoms with Gasteiger partial charge in [-0.05, 0) is 30.2 Å². The molecule has 0 aliphatic rings. The summed E-state index contributed by atoms with van der Waals surface area (Å²) >= 11 is 0. The largest absolute Gasteiger partial charge is 0.465 e.